The van der Waals surface area contributed by atoms with E-state index in [4.69, 9.17) is 0 Å². The lowest BCUT2D eigenvalue weighted by Gasteiger charge is -2.23. The Balaban J connectivity index is 2.21. The molecule has 0 saturated carbocycles. The van der Waals surface area contributed by atoms with Crippen LogP contribution in [0.3, 0.4) is 0 Å². The molecule has 0 fully saturated rings. The molecule has 0 aliphatic carbocycles. The zero-order chi connectivity index (χ0) is 15.4. The van der Waals surface area contributed by atoms with Gasteiger partial charge >= 0.3 is 0 Å². The third-order valence-corrected chi connectivity index (χ3v) is 4.72. The quantitative estimate of drug-likeness (QED) is 0.821. The Labute approximate surface area is 130 Å². The van der Waals surface area contributed by atoms with Gasteiger partial charge < -0.3 is 4.90 Å². The summed E-state index contributed by atoms with van der Waals surface area (Å²) in [5.41, 5.74) is 2.19. The van der Waals surface area contributed by atoms with Crippen LogP contribution in [0.1, 0.15) is 26.3 Å². The molecule has 2 rings (SSSR count). The summed E-state index contributed by atoms with van der Waals surface area (Å²) >= 11 is 1.59. The minimum Gasteiger partial charge on any atom is -0.302 e. The zero-order valence-electron chi connectivity index (χ0n) is 13.2. The van der Waals surface area contributed by atoms with Gasteiger partial charge in [0.2, 0.25) is 5.91 Å². The summed E-state index contributed by atoms with van der Waals surface area (Å²) in [5, 5.41) is 0.801. The van der Waals surface area contributed by atoms with E-state index in [1.807, 2.05) is 6.07 Å². The molecule has 0 saturated heterocycles. The van der Waals surface area contributed by atoms with Crippen molar-refractivity contribution in [1.82, 2.24) is 9.88 Å². The largest absolute Gasteiger partial charge is 0.302 e. The van der Waals surface area contributed by atoms with Gasteiger partial charge in [-0.2, -0.15) is 0 Å². The van der Waals surface area contributed by atoms with Crippen LogP contribution in [-0.2, 0) is 4.79 Å². The molecule has 0 N–H and O–H groups in total. The Morgan fingerprint density at radius 3 is 2.57 bits per heavy atom. The summed E-state index contributed by atoms with van der Waals surface area (Å²) in [5.74, 6) is 0.0536. The number of nitrogens with zero attached hydrogens (tertiary/aromatic N) is 3. The highest BCUT2D eigenvalue weighted by Gasteiger charge is 2.17. The van der Waals surface area contributed by atoms with Gasteiger partial charge in [-0.1, -0.05) is 31.3 Å². The van der Waals surface area contributed by atoms with E-state index >= 15 is 0 Å². The third-order valence-electron chi connectivity index (χ3n) is 3.68. The molecule has 2 aromatic rings. The summed E-state index contributed by atoms with van der Waals surface area (Å²) in [7, 11) is 0. The molecule has 1 heterocycles. The number of fused-ring (bicyclic) bond motifs is 1. The van der Waals surface area contributed by atoms with Crippen LogP contribution in [0.25, 0.3) is 10.2 Å². The molecule has 1 aromatic heterocycles. The van der Waals surface area contributed by atoms with Gasteiger partial charge in [0.25, 0.3) is 0 Å². The highest BCUT2D eigenvalue weighted by molar-refractivity contribution is 7.22. The van der Waals surface area contributed by atoms with Crippen LogP contribution in [0.15, 0.2) is 18.2 Å². The first-order valence-electron chi connectivity index (χ1n) is 7.42. The summed E-state index contributed by atoms with van der Waals surface area (Å²) in [4.78, 5) is 20.7. The van der Waals surface area contributed by atoms with Crippen molar-refractivity contribution in [3.05, 3.63) is 23.8 Å². The number of carbonyl (C=O) groups excluding carboxylic acids is 1. The van der Waals surface area contributed by atoms with E-state index in [-0.39, 0.29) is 5.91 Å². The molecule has 0 bridgehead atoms. The molecule has 0 radical (unpaired) electrons. The lowest BCUT2D eigenvalue weighted by atomic mass is 10.2. The molecule has 4 nitrogen and oxygen atoms in total. The first kappa shape index (κ1) is 15.9. The van der Waals surface area contributed by atoms with E-state index in [1.54, 1.807) is 23.2 Å². The van der Waals surface area contributed by atoms with Gasteiger partial charge in [0.1, 0.15) is 0 Å². The second kappa shape index (κ2) is 7.00. The van der Waals surface area contributed by atoms with E-state index in [2.05, 4.69) is 42.8 Å². The molecule has 0 aliphatic heterocycles. The van der Waals surface area contributed by atoms with E-state index in [0.29, 0.717) is 6.54 Å². The summed E-state index contributed by atoms with van der Waals surface area (Å²) in [6.45, 7) is 11.5. The first-order valence-corrected chi connectivity index (χ1v) is 8.24. The first-order chi connectivity index (χ1) is 10.0. The van der Waals surface area contributed by atoms with Crippen molar-refractivity contribution in [3.8, 4) is 0 Å². The number of hydrogen-bond donors (Lipinski definition) is 0. The smallest absolute Gasteiger partial charge is 0.225 e. The maximum Gasteiger partial charge on any atom is 0.225 e. The van der Waals surface area contributed by atoms with Crippen molar-refractivity contribution in [2.24, 2.45) is 0 Å². The standard InChI is InChI=1S/C16H23N3OS/c1-5-18(6-2)9-10-19(13(4)20)16-17-14-8-7-12(3)11-15(14)21-16/h7-8,11H,5-6,9-10H2,1-4H3. The van der Waals surface area contributed by atoms with Crippen LogP contribution in [0.5, 0.6) is 0 Å². The molecule has 21 heavy (non-hydrogen) atoms. The monoisotopic (exact) mass is 305 g/mol. The van der Waals surface area contributed by atoms with Crippen LogP contribution in [0, 0.1) is 6.92 Å². The summed E-state index contributed by atoms with van der Waals surface area (Å²) in [6.07, 6.45) is 0. The third kappa shape index (κ3) is 3.80. The maximum atomic E-state index is 12.0. The fourth-order valence-corrected chi connectivity index (χ4v) is 3.44. The molecular weight excluding hydrogens is 282 g/mol. The van der Waals surface area contributed by atoms with Crippen molar-refractivity contribution >= 4 is 32.6 Å². The number of aryl methyl sites for hydroxylation is 1. The van der Waals surface area contributed by atoms with Gasteiger partial charge in [-0.05, 0) is 37.7 Å². The average molecular weight is 305 g/mol. The average Bonchev–Trinajstić information content (AvgIpc) is 2.85. The number of thiazole rings is 1. The van der Waals surface area contributed by atoms with Crippen molar-refractivity contribution in [3.63, 3.8) is 0 Å². The highest BCUT2D eigenvalue weighted by atomic mass is 32.1. The van der Waals surface area contributed by atoms with Gasteiger partial charge in [-0.25, -0.2) is 4.98 Å². The number of anilines is 1. The minimum atomic E-state index is 0.0536. The minimum absolute atomic E-state index is 0.0536. The fraction of sp³-hybridized carbons (Fsp3) is 0.500. The molecular formula is C16H23N3OS. The Morgan fingerprint density at radius 1 is 1.24 bits per heavy atom. The normalized spacial score (nSPS) is 11.3. The summed E-state index contributed by atoms with van der Waals surface area (Å²) < 4.78 is 1.14. The van der Waals surface area contributed by atoms with Gasteiger partial charge in [-0.15, -0.1) is 0 Å². The Morgan fingerprint density at radius 2 is 1.95 bits per heavy atom. The fourth-order valence-electron chi connectivity index (χ4n) is 2.30. The van der Waals surface area contributed by atoms with Crippen molar-refractivity contribution in [1.29, 1.82) is 0 Å². The second-order valence-corrected chi connectivity index (χ2v) is 6.17. The lowest BCUT2D eigenvalue weighted by molar-refractivity contribution is -0.116. The number of benzene rings is 1. The Kier molecular flexibility index (Phi) is 5.31. The molecule has 0 atom stereocenters. The van der Waals surface area contributed by atoms with Crippen LogP contribution in [-0.4, -0.2) is 42.0 Å². The van der Waals surface area contributed by atoms with Crippen LogP contribution in [0.2, 0.25) is 0 Å². The molecule has 1 amide bonds. The molecule has 0 unspecified atom stereocenters. The molecule has 114 valence electrons. The van der Waals surface area contributed by atoms with Gasteiger partial charge in [0, 0.05) is 20.0 Å². The van der Waals surface area contributed by atoms with E-state index < -0.39 is 0 Å². The number of hydrogen-bond acceptors (Lipinski definition) is 4. The number of carbonyl (C=O) groups is 1. The maximum absolute atomic E-state index is 12.0. The van der Waals surface area contributed by atoms with E-state index in [9.17, 15) is 4.79 Å². The van der Waals surface area contributed by atoms with Crippen LogP contribution >= 0.6 is 11.3 Å². The van der Waals surface area contributed by atoms with Crippen molar-refractivity contribution in [2.45, 2.75) is 27.7 Å². The van der Waals surface area contributed by atoms with Crippen molar-refractivity contribution in [2.75, 3.05) is 31.1 Å². The Bertz CT molecular complexity index is 619. The second-order valence-electron chi connectivity index (χ2n) is 5.17. The number of likely N-dealkylation sites (N-methyl/N-ethyl adjacent to an activating group) is 1. The van der Waals surface area contributed by atoms with Crippen molar-refractivity contribution < 1.29 is 4.79 Å². The van der Waals surface area contributed by atoms with Gasteiger partial charge in [-0.3, -0.25) is 9.69 Å². The van der Waals surface area contributed by atoms with Crippen LogP contribution in [0.4, 0.5) is 5.13 Å². The molecule has 0 aliphatic rings. The SMILES string of the molecule is CCN(CC)CCN(C(C)=O)c1nc2ccc(C)cc2s1. The number of amides is 1. The number of aromatic nitrogens is 1. The topological polar surface area (TPSA) is 36.4 Å². The highest BCUT2D eigenvalue weighted by Crippen LogP contribution is 2.29. The van der Waals surface area contributed by atoms with E-state index in [0.717, 1.165) is 35.0 Å². The predicted octanol–water partition coefficient (Wildman–Crippen LogP) is 3.30. The van der Waals surface area contributed by atoms with Gasteiger partial charge in [0.15, 0.2) is 5.13 Å². The molecule has 1 aromatic carbocycles. The molecule has 0 spiro atoms. The van der Waals surface area contributed by atoms with Gasteiger partial charge in [0.05, 0.1) is 10.2 Å². The van der Waals surface area contributed by atoms with E-state index in [1.165, 1.54) is 5.56 Å². The Hall–Kier alpha value is -1.46. The number of rotatable bonds is 6. The lowest BCUT2D eigenvalue weighted by Crippen LogP contribution is -2.37. The molecule has 5 heteroatoms. The predicted molar refractivity (Wildman–Crippen MR) is 90.2 cm³/mol. The van der Waals surface area contributed by atoms with Crippen LogP contribution < -0.4 is 4.90 Å². The zero-order valence-corrected chi connectivity index (χ0v) is 14.0. The summed E-state index contributed by atoms with van der Waals surface area (Å²) in [6, 6.07) is 6.20.